The van der Waals surface area contributed by atoms with Crippen molar-refractivity contribution in [3.05, 3.63) is 36.4 Å². The maximum absolute atomic E-state index is 5.68. The van der Waals surface area contributed by atoms with Gasteiger partial charge in [-0.2, -0.15) is 0 Å². The Morgan fingerprint density at radius 1 is 1.33 bits per heavy atom. The van der Waals surface area contributed by atoms with Gasteiger partial charge in [0.1, 0.15) is 5.75 Å². The van der Waals surface area contributed by atoms with Crippen LogP contribution in [-0.2, 0) is 0 Å². The van der Waals surface area contributed by atoms with E-state index in [9.17, 15) is 0 Å². The third-order valence-corrected chi connectivity index (χ3v) is 2.15. The molecule has 0 N–H and O–H groups in total. The normalized spacial score (nSPS) is 10.3. The lowest BCUT2D eigenvalue weighted by Gasteiger charge is -2.11. The zero-order valence-corrected chi connectivity index (χ0v) is 9.57. The van der Waals surface area contributed by atoms with Gasteiger partial charge in [0.05, 0.1) is 6.61 Å². The van der Waals surface area contributed by atoms with Crippen LogP contribution < -0.4 is 4.74 Å². The minimum Gasteiger partial charge on any atom is -0.493 e. The van der Waals surface area contributed by atoms with Gasteiger partial charge >= 0.3 is 0 Å². The first-order valence-corrected chi connectivity index (χ1v) is 5.23. The van der Waals surface area contributed by atoms with E-state index in [1.807, 2.05) is 30.3 Å². The number of hydrogen-bond donors (Lipinski definition) is 0. The first-order chi connectivity index (χ1) is 7.24. The number of para-hydroxylation sites is 1. The third-order valence-electron chi connectivity index (χ3n) is 2.15. The zero-order valence-electron chi connectivity index (χ0n) is 9.57. The highest BCUT2D eigenvalue weighted by Gasteiger charge is 1.98. The topological polar surface area (TPSA) is 12.5 Å². The Morgan fingerprint density at radius 3 is 2.73 bits per heavy atom. The van der Waals surface area contributed by atoms with Crippen molar-refractivity contribution >= 4 is 6.08 Å². The van der Waals surface area contributed by atoms with Crippen LogP contribution in [0.3, 0.4) is 0 Å². The van der Waals surface area contributed by atoms with Crippen molar-refractivity contribution in [1.82, 2.24) is 4.90 Å². The smallest absolute Gasteiger partial charge is 0.126 e. The first kappa shape index (κ1) is 11.8. The van der Waals surface area contributed by atoms with Gasteiger partial charge < -0.3 is 9.64 Å². The van der Waals surface area contributed by atoms with E-state index in [0.717, 1.165) is 30.9 Å². The average Bonchev–Trinajstić information content (AvgIpc) is 2.24. The lowest BCUT2D eigenvalue weighted by Crippen LogP contribution is -2.15. The minimum atomic E-state index is 0.753. The molecular formula is C13H19NO. The molecule has 0 unspecified atom stereocenters. The summed E-state index contributed by atoms with van der Waals surface area (Å²) in [5.74, 6) is 0.922. The van der Waals surface area contributed by atoms with Gasteiger partial charge in [-0.05, 0) is 26.6 Å². The van der Waals surface area contributed by atoms with Crippen LogP contribution in [0.5, 0.6) is 5.75 Å². The first-order valence-electron chi connectivity index (χ1n) is 5.23. The Labute approximate surface area is 92.2 Å². The third kappa shape index (κ3) is 4.17. The highest BCUT2D eigenvalue weighted by atomic mass is 16.5. The van der Waals surface area contributed by atoms with Crippen molar-refractivity contribution in [3.8, 4) is 5.75 Å². The van der Waals surface area contributed by atoms with Crippen molar-refractivity contribution < 1.29 is 4.74 Å². The van der Waals surface area contributed by atoms with Crippen LogP contribution >= 0.6 is 0 Å². The monoisotopic (exact) mass is 205 g/mol. The summed E-state index contributed by atoms with van der Waals surface area (Å²) in [5, 5.41) is 0. The van der Waals surface area contributed by atoms with Gasteiger partial charge in [0.15, 0.2) is 0 Å². The van der Waals surface area contributed by atoms with Crippen LogP contribution in [0.4, 0.5) is 0 Å². The van der Waals surface area contributed by atoms with E-state index in [1.165, 1.54) is 0 Å². The fourth-order valence-electron chi connectivity index (χ4n) is 1.34. The molecule has 0 heterocycles. The van der Waals surface area contributed by atoms with Crippen LogP contribution in [0.1, 0.15) is 12.0 Å². The Kier molecular flexibility index (Phi) is 4.91. The van der Waals surface area contributed by atoms with E-state index >= 15 is 0 Å². The standard InChI is InChI=1S/C13H19NO/c1-4-12-8-5-6-9-13(12)15-11-7-10-14(2)3/h4-6,8-9H,1,7,10-11H2,2-3H3. The lowest BCUT2D eigenvalue weighted by atomic mass is 10.2. The molecule has 0 aliphatic heterocycles. The van der Waals surface area contributed by atoms with E-state index in [0.29, 0.717) is 0 Å². The summed E-state index contributed by atoms with van der Waals surface area (Å²) >= 11 is 0. The molecule has 82 valence electrons. The summed E-state index contributed by atoms with van der Waals surface area (Å²) < 4.78 is 5.68. The van der Waals surface area contributed by atoms with Crippen molar-refractivity contribution in [2.75, 3.05) is 27.2 Å². The second-order valence-corrected chi connectivity index (χ2v) is 3.75. The van der Waals surface area contributed by atoms with Crippen molar-refractivity contribution in [3.63, 3.8) is 0 Å². The van der Waals surface area contributed by atoms with E-state index in [2.05, 4.69) is 25.6 Å². The van der Waals surface area contributed by atoms with E-state index in [4.69, 9.17) is 4.74 Å². The molecule has 0 saturated carbocycles. The van der Waals surface area contributed by atoms with Crippen LogP contribution in [0, 0.1) is 0 Å². The van der Waals surface area contributed by atoms with Gasteiger partial charge in [-0.25, -0.2) is 0 Å². The molecule has 0 bridgehead atoms. The number of nitrogens with zero attached hydrogens (tertiary/aromatic N) is 1. The molecule has 1 aromatic rings. The maximum Gasteiger partial charge on any atom is 0.126 e. The van der Waals surface area contributed by atoms with Gasteiger partial charge in [-0.1, -0.05) is 30.9 Å². The van der Waals surface area contributed by atoms with Gasteiger partial charge in [0.2, 0.25) is 0 Å². The van der Waals surface area contributed by atoms with Gasteiger partial charge in [0, 0.05) is 12.1 Å². The van der Waals surface area contributed by atoms with Crippen molar-refractivity contribution in [2.45, 2.75) is 6.42 Å². The summed E-state index contributed by atoms with van der Waals surface area (Å²) in [6.07, 6.45) is 2.86. The van der Waals surface area contributed by atoms with Crippen molar-refractivity contribution in [2.24, 2.45) is 0 Å². The van der Waals surface area contributed by atoms with Gasteiger partial charge in [0.25, 0.3) is 0 Å². The predicted octanol–water partition coefficient (Wildman–Crippen LogP) is 2.66. The van der Waals surface area contributed by atoms with Crippen LogP contribution in [0.25, 0.3) is 6.08 Å². The number of ether oxygens (including phenoxy) is 1. The minimum absolute atomic E-state index is 0.753. The molecule has 15 heavy (non-hydrogen) atoms. The molecule has 2 heteroatoms. The van der Waals surface area contributed by atoms with E-state index in [1.54, 1.807) is 0 Å². The Balaban J connectivity index is 2.40. The molecule has 0 fully saturated rings. The molecule has 0 aliphatic rings. The summed E-state index contributed by atoms with van der Waals surface area (Å²) in [4.78, 5) is 2.16. The largest absolute Gasteiger partial charge is 0.493 e. The fourth-order valence-corrected chi connectivity index (χ4v) is 1.34. The molecule has 1 aromatic carbocycles. The second kappa shape index (κ2) is 6.25. The van der Waals surface area contributed by atoms with Crippen LogP contribution in [0.2, 0.25) is 0 Å². The number of benzene rings is 1. The van der Waals surface area contributed by atoms with Gasteiger partial charge in [-0.3, -0.25) is 0 Å². The molecule has 0 saturated heterocycles. The Morgan fingerprint density at radius 2 is 2.07 bits per heavy atom. The number of hydrogen-bond acceptors (Lipinski definition) is 2. The lowest BCUT2D eigenvalue weighted by molar-refractivity contribution is 0.281. The Hall–Kier alpha value is -1.28. The summed E-state index contributed by atoms with van der Waals surface area (Å²) in [7, 11) is 4.13. The summed E-state index contributed by atoms with van der Waals surface area (Å²) in [6.45, 7) is 5.56. The van der Waals surface area contributed by atoms with Crippen LogP contribution in [-0.4, -0.2) is 32.1 Å². The Bertz CT molecular complexity index is 307. The van der Waals surface area contributed by atoms with Crippen LogP contribution in [0.15, 0.2) is 30.8 Å². The SMILES string of the molecule is C=Cc1ccccc1OCCCN(C)C. The number of rotatable bonds is 6. The molecule has 0 spiro atoms. The van der Waals surface area contributed by atoms with E-state index in [-0.39, 0.29) is 0 Å². The summed E-state index contributed by atoms with van der Waals surface area (Å²) in [6, 6.07) is 7.96. The zero-order chi connectivity index (χ0) is 11.1. The van der Waals surface area contributed by atoms with E-state index < -0.39 is 0 Å². The molecule has 0 aliphatic carbocycles. The highest BCUT2D eigenvalue weighted by molar-refractivity contribution is 5.55. The van der Waals surface area contributed by atoms with Gasteiger partial charge in [-0.15, -0.1) is 0 Å². The molecule has 0 radical (unpaired) electrons. The molecule has 1 rings (SSSR count). The predicted molar refractivity (Wildman–Crippen MR) is 65.2 cm³/mol. The molecule has 0 amide bonds. The van der Waals surface area contributed by atoms with Crippen molar-refractivity contribution in [1.29, 1.82) is 0 Å². The molecular weight excluding hydrogens is 186 g/mol. The maximum atomic E-state index is 5.68. The molecule has 0 aromatic heterocycles. The average molecular weight is 205 g/mol. The molecule has 2 nitrogen and oxygen atoms in total. The molecule has 0 atom stereocenters. The highest BCUT2D eigenvalue weighted by Crippen LogP contribution is 2.18. The summed E-state index contributed by atoms with van der Waals surface area (Å²) in [5.41, 5.74) is 1.06. The second-order valence-electron chi connectivity index (χ2n) is 3.75. The quantitative estimate of drug-likeness (QED) is 0.662. The fraction of sp³-hybridized carbons (Fsp3) is 0.385.